The molecule has 1 aromatic rings. The highest BCUT2D eigenvalue weighted by Crippen LogP contribution is 2.22. The molecule has 1 amide bonds. The SMILES string of the molecule is Cl.Cl.Nc1ccccc1C(=O)N1CCCC(N2CCCC2)C1. The number of piperidine rings is 1. The van der Waals surface area contributed by atoms with Gasteiger partial charge >= 0.3 is 0 Å². The van der Waals surface area contributed by atoms with Gasteiger partial charge in [0.2, 0.25) is 0 Å². The third kappa shape index (κ3) is 4.06. The summed E-state index contributed by atoms with van der Waals surface area (Å²) in [6, 6.07) is 7.92. The topological polar surface area (TPSA) is 49.6 Å². The minimum absolute atomic E-state index is 0. The van der Waals surface area contributed by atoms with Gasteiger partial charge in [-0.15, -0.1) is 24.8 Å². The molecule has 0 radical (unpaired) electrons. The molecule has 4 nitrogen and oxygen atoms in total. The molecule has 2 heterocycles. The number of likely N-dealkylation sites (tertiary alicyclic amines) is 2. The number of nitrogens with zero attached hydrogens (tertiary/aromatic N) is 2. The Bertz CT molecular complexity index is 492. The Kier molecular flexibility index (Phi) is 7.46. The first-order valence-corrected chi connectivity index (χ1v) is 7.63. The average molecular weight is 346 g/mol. The molecule has 22 heavy (non-hydrogen) atoms. The molecule has 0 aliphatic carbocycles. The minimum Gasteiger partial charge on any atom is -0.398 e. The molecule has 1 unspecified atom stereocenters. The Hall–Kier alpha value is -0.970. The van der Waals surface area contributed by atoms with E-state index in [1.54, 1.807) is 6.07 Å². The van der Waals surface area contributed by atoms with Crippen molar-refractivity contribution < 1.29 is 4.79 Å². The molecular weight excluding hydrogens is 321 g/mol. The van der Waals surface area contributed by atoms with E-state index in [9.17, 15) is 4.79 Å². The first kappa shape index (κ1) is 19.1. The third-order valence-electron chi connectivity index (χ3n) is 4.53. The molecule has 0 spiro atoms. The van der Waals surface area contributed by atoms with Crippen molar-refractivity contribution in [2.24, 2.45) is 0 Å². The van der Waals surface area contributed by atoms with Gasteiger partial charge in [-0.3, -0.25) is 9.69 Å². The van der Waals surface area contributed by atoms with Crippen LogP contribution in [0, 0.1) is 0 Å². The van der Waals surface area contributed by atoms with Gasteiger partial charge in [-0.25, -0.2) is 0 Å². The van der Waals surface area contributed by atoms with Crippen molar-refractivity contribution in [3.05, 3.63) is 29.8 Å². The van der Waals surface area contributed by atoms with E-state index in [0.717, 1.165) is 19.5 Å². The van der Waals surface area contributed by atoms with Gasteiger partial charge in [-0.05, 0) is 50.9 Å². The van der Waals surface area contributed by atoms with Gasteiger partial charge in [-0.2, -0.15) is 0 Å². The van der Waals surface area contributed by atoms with Gasteiger partial charge < -0.3 is 10.6 Å². The zero-order valence-corrected chi connectivity index (χ0v) is 14.4. The van der Waals surface area contributed by atoms with Crippen LogP contribution in [-0.2, 0) is 0 Å². The van der Waals surface area contributed by atoms with E-state index < -0.39 is 0 Å². The fourth-order valence-corrected chi connectivity index (χ4v) is 3.41. The van der Waals surface area contributed by atoms with Crippen LogP contribution in [0.4, 0.5) is 5.69 Å². The Balaban J connectivity index is 0.00000121. The highest BCUT2D eigenvalue weighted by molar-refractivity contribution is 5.99. The Morgan fingerprint density at radius 2 is 1.73 bits per heavy atom. The number of hydrogen-bond acceptors (Lipinski definition) is 3. The number of carbonyl (C=O) groups is 1. The van der Waals surface area contributed by atoms with Crippen molar-refractivity contribution in [3.8, 4) is 0 Å². The quantitative estimate of drug-likeness (QED) is 0.838. The molecule has 1 aromatic carbocycles. The van der Waals surface area contributed by atoms with E-state index in [-0.39, 0.29) is 30.7 Å². The van der Waals surface area contributed by atoms with Crippen LogP contribution in [0.5, 0.6) is 0 Å². The van der Waals surface area contributed by atoms with Gasteiger partial charge in [0.25, 0.3) is 5.91 Å². The van der Waals surface area contributed by atoms with Crippen molar-refractivity contribution in [2.45, 2.75) is 31.7 Å². The van der Waals surface area contributed by atoms with E-state index in [1.165, 1.54) is 32.4 Å². The largest absolute Gasteiger partial charge is 0.398 e. The summed E-state index contributed by atoms with van der Waals surface area (Å²) in [6.45, 7) is 4.10. The van der Waals surface area contributed by atoms with E-state index in [2.05, 4.69) is 4.90 Å². The van der Waals surface area contributed by atoms with E-state index in [4.69, 9.17) is 5.73 Å². The second-order valence-electron chi connectivity index (χ2n) is 5.88. The lowest BCUT2D eigenvalue weighted by atomic mass is 10.0. The number of benzene rings is 1. The fraction of sp³-hybridized carbons (Fsp3) is 0.562. The molecular formula is C16H25Cl2N3O. The normalized spacial score (nSPS) is 21.8. The van der Waals surface area contributed by atoms with E-state index in [1.807, 2.05) is 23.1 Å². The van der Waals surface area contributed by atoms with Gasteiger partial charge in [0.1, 0.15) is 0 Å². The second kappa shape index (κ2) is 8.61. The lowest BCUT2D eigenvalue weighted by molar-refractivity contribution is 0.0609. The second-order valence-corrected chi connectivity index (χ2v) is 5.88. The molecule has 2 fully saturated rings. The first-order chi connectivity index (χ1) is 9.75. The number of nitrogens with two attached hydrogens (primary N) is 1. The average Bonchev–Trinajstić information content (AvgIpc) is 3.01. The molecule has 6 heteroatoms. The summed E-state index contributed by atoms with van der Waals surface area (Å²) in [5, 5.41) is 0. The zero-order chi connectivity index (χ0) is 13.9. The predicted octanol–water partition coefficient (Wildman–Crippen LogP) is 2.81. The molecule has 2 aliphatic heterocycles. The maximum absolute atomic E-state index is 12.6. The Morgan fingerprint density at radius 1 is 1.05 bits per heavy atom. The smallest absolute Gasteiger partial charge is 0.255 e. The van der Waals surface area contributed by atoms with Crippen LogP contribution in [-0.4, -0.2) is 47.9 Å². The monoisotopic (exact) mass is 345 g/mol. The van der Waals surface area contributed by atoms with Crippen molar-refractivity contribution >= 4 is 36.4 Å². The van der Waals surface area contributed by atoms with Gasteiger partial charge in [0.15, 0.2) is 0 Å². The van der Waals surface area contributed by atoms with Gasteiger partial charge in [-0.1, -0.05) is 12.1 Å². The summed E-state index contributed by atoms with van der Waals surface area (Å²) in [5.74, 6) is 0.0898. The molecule has 2 aliphatic rings. The molecule has 2 saturated heterocycles. The van der Waals surface area contributed by atoms with Gasteiger partial charge in [0.05, 0.1) is 5.56 Å². The number of anilines is 1. The minimum atomic E-state index is 0. The number of nitrogen functional groups attached to an aromatic ring is 1. The number of amides is 1. The summed E-state index contributed by atoms with van der Waals surface area (Å²) in [6.07, 6.45) is 4.92. The lowest BCUT2D eigenvalue weighted by Gasteiger charge is -2.37. The standard InChI is InChI=1S/C16H23N3O.2ClH/c17-15-8-2-1-7-14(15)16(20)19-11-5-6-13(12-19)18-9-3-4-10-18;;/h1-2,7-8,13H,3-6,9-12,17H2;2*1H. The number of halogens is 2. The van der Waals surface area contributed by atoms with Crippen molar-refractivity contribution in [1.29, 1.82) is 0 Å². The highest BCUT2D eigenvalue weighted by Gasteiger charge is 2.30. The van der Waals surface area contributed by atoms with Crippen LogP contribution in [0.1, 0.15) is 36.0 Å². The van der Waals surface area contributed by atoms with Crippen LogP contribution in [0.25, 0.3) is 0 Å². The third-order valence-corrected chi connectivity index (χ3v) is 4.53. The van der Waals surface area contributed by atoms with Gasteiger partial charge in [0, 0.05) is 24.8 Å². The number of para-hydroxylation sites is 1. The van der Waals surface area contributed by atoms with Crippen LogP contribution in [0.2, 0.25) is 0 Å². The Labute approximate surface area is 144 Å². The summed E-state index contributed by atoms with van der Waals surface area (Å²) < 4.78 is 0. The van der Waals surface area contributed by atoms with Crippen LogP contribution < -0.4 is 5.73 Å². The van der Waals surface area contributed by atoms with Crippen molar-refractivity contribution in [3.63, 3.8) is 0 Å². The van der Waals surface area contributed by atoms with Crippen molar-refractivity contribution in [2.75, 3.05) is 31.9 Å². The maximum Gasteiger partial charge on any atom is 0.255 e. The van der Waals surface area contributed by atoms with Crippen LogP contribution >= 0.6 is 24.8 Å². The zero-order valence-electron chi connectivity index (χ0n) is 12.7. The number of rotatable bonds is 2. The summed E-state index contributed by atoms with van der Waals surface area (Å²) in [7, 11) is 0. The van der Waals surface area contributed by atoms with Crippen LogP contribution in [0.15, 0.2) is 24.3 Å². The highest BCUT2D eigenvalue weighted by atomic mass is 35.5. The molecule has 2 N–H and O–H groups in total. The van der Waals surface area contributed by atoms with Crippen molar-refractivity contribution in [1.82, 2.24) is 9.80 Å². The summed E-state index contributed by atoms with van der Waals surface area (Å²) >= 11 is 0. The summed E-state index contributed by atoms with van der Waals surface area (Å²) in [4.78, 5) is 17.1. The summed E-state index contributed by atoms with van der Waals surface area (Å²) in [5.41, 5.74) is 7.16. The molecule has 0 bridgehead atoms. The van der Waals surface area contributed by atoms with Crippen LogP contribution in [0.3, 0.4) is 0 Å². The maximum atomic E-state index is 12.6. The lowest BCUT2D eigenvalue weighted by Crippen LogP contribution is -2.49. The predicted molar refractivity (Wildman–Crippen MR) is 95.1 cm³/mol. The molecule has 0 aromatic heterocycles. The number of carbonyl (C=O) groups excluding carboxylic acids is 1. The molecule has 1 atom stereocenters. The Morgan fingerprint density at radius 3 is 2.41 bits per heavy atom. The molecule has 0 saturated carbocycles. The first-order valence-electron chi connectivity index (χ1n) is 7.63. The molecule has 3 rings (SSSR count). The molecule has 124 valence electrons. The fourth-order valence-electron chi connectivity index (χ4n) is 3.41. The van der Waals surface area contributed by atoms with E-state index in [0.29, 0.717) is 17.3 Å². The number of hydrogen-bond donors (Lipinski definition) is 1. The van der Waals surface area contributed by atoms with E-state index >= 15 is 0 Å².